The largest absolute Gasteiger partial charge is 0.369 e. The van der Waals surface area contributed by atoms with Crippen LogP contribution in [-0.4, -0.2) is 19.1 Å². The monoisotopic (exact) mass is 254 g/mol. The molecule has 0 saturated heterocycles. The Bertz CT molecular complexity index is 336. The van der Waals surface area contributed by atoms with Crippen LogP contribution in [0, 0.1) is 0 Å². The maximum absolute atomic E-state index is 5.82. The summed E-state index contributed by atoms with van der Waals surface area (Å²) < 4.78 is 1.19. The van der Waals surface area contributed by atoms with Crippen LogP contribution in [0.3, 0.4) is 0 Å². The van der Waals surface area contributed by atoms with Gasteiger partial charge in [0.15, 0.2) is 0 Å². The third-order valence-electron chi connectivity index (χ3n) is 2.55. The molecule has 1 atom stereocenters. The highest BCUT2D eigenvalue weighted by molar-refractivity contribution is 9.10. The molecule has 0 unspecified atom stereocenters. The van der Waals surface area contributed by atoms with Gasteiger partial charge in [0.2, 0.25) is 0 Å². The van der Waals surface area contributed by atoms with Crippen LogP contribution in [0.25, 0.3) is 0 Å². The molecule has 0 amide bonds. The Morgan fingerprint density at radius 2 is 2.36 bits per heavy atom. The summed E-state index contributed by atoms with van der Waals surface area (Å²) in [5, 5.41) is 0. The fourth-order valence-corrected chi connectivity index (χ4v) is 2.67. The molecule has 0 radical (unpaired) electrons. The summed E-state index contributed by atoms with van der Waals surface area (Å²) in [6, 6.07) is 6.62. The molecule has 1 aromatic rings. The topological polar surface area (TPSA) is 29.3 Å². The Balaban J connectivity index is 2.29. The lowest BCUT2D eigenvalue weighted by molar-refractivity contribution is 0.693. The fourth-order valence-electron chi connectivity index (χ4n) is 2.01. The van der Waals surface area contributed by atoms with Crippen LogP contribution in [0.2, 0.25) is 0 Å². The van der Waals surface area contributed by atoms with Crippen molar-refractivity contribution in [2.75, 3.05) is 18.0 Å². The predicted molar refractivity (Wildman–Crippen MR) is 63.7 cm³/mol. The van der Waals surface area contributed by atoms with E-state index >= 15 is 0 Å². The Labute approximate surface area is 93.2 Å². The molecule has 0 aromatic heterocycles. The van der Waals surface area contributed by atoms with Crippen molar-refractivity contribution in [2.45, 2.75) is 19.4 Å². The van der Waals surface area contributed by atoms with Crippen LogP contribution in [0.15, 0.2) is 22.7 Å². The van der Waals surface area contributed by atoms with E-state index < -0.39 is 0 Å². The second-order valence-electron chi connectivity index (χ2n) is 3.92. The van der Waals surface area contributed by atoms with E-state index in [9.17, 15) is 0 Å². The second-order valence-corrected chi connectivity index (χ2v) is 4.78. The molecule has 76 valence electrons. The SMILES string of the molecule is C[C@H](N)CN1CCc2cccc(Br)c21. The van der Waals surface area contributed by atoms with Crippen LogP contribution in [0.1, 0.15) is 12.5 Å². The van der Waals surface area contributed by atoms with Crippen molar-refractivity contribution in [2.24, 2.45) is 5.73 Å². The van der Waals surface area contributed by atoms with Crippen molar-refractivity contribution in [3.63, 3.8) is 0 Å². The minimum Gasteiger partial charge on any atom is -0.369 e. The number of benzene rings is 1. The van der Waals surface area contributed by atoms with Gasteiger partial charge in [-0.05, 0) is 40.9 Å². The van der Waals surface area contributed by atoms with Gasteiger partial charge in [-0.25, -0.2) is 0 Å². The average Bonchev–Trinajstić information content (AvgIpc) is 2.49. The molecule has 3 heteroatoms. The Morgan fingerprint density at radius 1 is 1.57 bits per heavy atom. The molecule has 0 fully saturated rings. The van der Waals surface area contributed by atoms with Crippen molar-refractivity contribution < 1.29 is 0 Å². The van der Waals surface area contributed by atoms with E-state index in [-0.39, 0.29) is 6.04 Å². The summed E-state index contributed by atoms with van der Waals surface area (Å²) in [6.07, 6.45) is 1.14. The summed E-state index contributed by atoms with van der Waals surface area (Å²) in [6.45, 7) is 4.09. The van der Waals surface area contributed by atoms with Crippen LogP contribution < -0.4 is 10.6 Å². The summed E-state index contributed by atoms with van der Waals surface area (Å²) in [5.74, 6) is 0. The molecule has 0 saturated carbocycles. The van der Waals surface area contributed by atoms with E-state index in [1.807, 2.05) is 0 Å². The highest BCUT2D eigenvalue weighted by Crippen LogP contribution is 2.34. The molecule has 0 spiro atoms. The number of rotatable bonds is 2. The van der Waals surface area contributed by atoms with Crippen molar-refractivity contribution in [1.29, 1.82) is 0 Å². The van der Waals surface area contributed by atoms with Gasteiger partial charge in [0.1, 0.15) is 0 Å². The van der Waals surface area contributed by atoms with E-state index in [1.54, 1.807) is 0 Å². The van der Waals surface area contributed by atoms with Crippen LogP contribution >= 0.6 is 15.9 Å². The van der Waals surface area contributed by atoms with E-state index in [0.29, 0.717) is 0 Å². The smallest absolute Gasteiger partial charge is 0.0544 e. The van der Waals surface area contributed by atoms with Gasteiger partial charge < -0.3 is 10.6 Å². The quantitative estimate of drug-likeness (QED) is 0.877. The van der Waals surface area contributed by atoms with Gasteiger partial charge >= 0.3 is 0 Å². The first kappa shape index (κ1) is 9.99. The van der Waals surface area contributed by atoms with Gasteiger partial charge in [0, 0.05) is 23.6 Å². The zero-order valence-electron chi connectivity index (χ0n) is 8.33. The van der Waals surface area contributed by atoms with Gasteiger partial charge in [-0.2, -0.15) is 0 Å². The summed E-state index contributed by atoms with van der Waals surface area (Å²) >= 11 is 3.60. The van der Waals surface area contributed by atoms with E-state index in [4.69, 9.17) is 5.73 Å². The molecular weight excluding hydrogens is 240 g/mol. The summed E-state index contributed by atoms with van der Waals surface area (Å²) in [7, 11) is 0. The number of anilines is 1. The highest BCUT2D eigenvalue weighted by Gasteiger charge is 2.21. The van der Waals surface area contributed by atoms with Crippen molar-refractivity contribution in [1.82, 2.24) is 0 Å². The maximum Gasteiger partial charge on any atom is 0.0544 e. The lowest BCUT2D eigenvalue weighted by atomic mass is 10.2. The summed E-state index contributed by atoms with van der Waals surface area (Å²) in [4.78, 5) is 2.37. The zero-order chi connectivity index (χ0) is 10.1. The van der Waals surface area contributed by atoms with Gasteiger partial charge in [-0.15, -0.1) is 0 Å². The summed E-state index contributed by atoms with van der Waals surface area (Å²) in [5.41, 5.74) is 8.59. The molecule has 2 nitrogen and oxygen atoms in total. The fraction of sp³-hybridized carbons (Fsp3) is 0.455. The Morgan fingerprint density at radius 3 is 3.07 bits per heavy atom. The lowest BCUT2D eigenvalue weighted by Gasteiger charge is -2.22. The molecule has 0 bridgehead atoms. The Kier molecular flexibility index (Phi) is 2.79. The van der Waals surface area contributed by atoms with Gasteiger partial charge in [0.05, 0.1) is 5.69 Å². The minimum absolute atomic E-state index is 0.230. The zero-order valence-corrected chi connectivity index (χ0v) is 9.92. The lowest BCUT2D eigenvalue weighted by Crippen LogP contribution is -2.34. The van der Waals surface area contributed by atoms with Gasteiger partial charge in [0.25, 0.3) is 0 Å². The number of nitrogens with zero attached hydrogens (tertiary/aromatic N) is 1. The molecular formula is C11H15BrN2. The number of fused-ring (bicyclic) bond motifs is 1. The van der Waals surface area contributed by atoms with Gasteiger partial charge in [-0.3, -0.25) is 0 Å². The Hall–Kier alpha value is -0.540. The van der Waals surface area contributed by atoms with Crippen LogP contribution in [0.5, 0.6) is 0 Å². The van der Waals surface area contributed by atoms with Crippen molar-refractivity contribution in [3.8, 4) is 0 Å². The number of halogens is 1. The molecule has 1 aliphatic heterocycles. The standard InChI is InChI=1S/C11H15BrN2/c1-8(13)7-14-6-5-9-3-2-4-10(12)11(9)14/h2-4,8H,5-7,13H2,1H3/t8-/m0/s1. The average molecular weight is 255 g/mol. The van der Waals surface area contributed by atoms with Gasteiger partial charge in [-0.1, -0.05) is 12.1 Å². The molecule has 2 rings (SSSR count). The number of nitrogens with two attached hydrogens (primary N) is 1. The second kappa shape index (κ2) is 3.91. The van der Waals surface area contributed by atoms with Crippen LogP contribution in [0.4, 0.5) is 5.69 Å². The van der Waals surface area contributed by atoms with E-state index in [0.717, 1.165) is 19.5 Å². The molecule has 2 N–H and O–H groups in total. The molecule has 0 aliphatic carbocycles. The molecule has 1 aromatic carbocycles. The van der Waals surface area contributed by atoms with Crippen molar-refractivity contribution in [3.05, 3.63) is 28.2 Å². The van der Waals surface area contributed by atoms with Crippen molar-refractivity contribution >= 4 is 21.6 Å². The molecule has 1 aliphatic rings. The minimum atomic E-state index is 0.230. The molecule has 14 heavy (non-hydrogen) atoms. The first-order valence-corrected chi connectivity index (χ1v) is 5.75. The molecule has 1 heterocycles. The maximum atomic E-state index is 5.82. The van der Waals surface area contributed by atoms with E-state index in [2.05, 4.69) is 46.0 Å². The first-order valence-electron chi connectivity index (χ1n) is 4.96. The normalized spacial score (nSPS) is 16.9. The predicted octanol–water partition coefficient (Wildman–Crippen LogP) is 2.16. The number of hydrogen-bond acceptors (Lipinski definition) is 2. The third kappa shape index (κ3) is 1.79. The van der Waals surface area contributed by atoms with E-state index in [1.165, 1.54) is 15.7 Å². The number of para-hydroxylation sites is 1. The third-order valence-corrected chi connectivity index (χ3v) is 3.19. The first-order chi connectivity index (χ1) is 6.68. The highest BCUT2D eigenvalue weighted by atomic mass is 79.9. The van der Waals surface area contributed by atoms with Crippen LogP contribution in [-0.2, 0) is 6.42 Å². The number of hydrogen-bond donors (Lipinski definition) is 1.